The molecule has 0 aliphatic carbocycles. The van der Waals surface area contributed by atoms with Gasteiger partial charge in [0.15, 0.2) is 0 Å². The molecule has 0 saturated heterocycles. The average molecular weight is 352 g/mol. The van der Waals surface area contributed by atoms with E-state index in [1.54, 1.807) is 19.3 Å². The van der Waals surface area contributed by atoms with Crippen molar-refractivity contribution in [1.29, 1.82) is 0 Å². The molecule has 0 fully saturated rings. The lowest BCUT2D eigenvalue weighted by Gasteiger charge is -2.44. The lowest BCUT2D eigenvalue weighted by molar-refractivity contribution is -0.232. The second-order valence-corrected chi connectivity index (χ2v) is 7.22. The van der Waals surface area contributed by atoms with Gasteiger partial charge in [0, 0.05) is 24.5 Å². The summed E-state index contributed by atoms with van der Waals surface area (Å²) >= 11 is 0. The summed E-state index contributed by atoms with van der Waals surface area (Å²) in [7, 11) is 1.60. The molecule has 25 heavy (non-hydrogen) atoms. The number of rotatable bonds is 7. The van der Waals surface area contributed by atoms with E-state index >= 15 is 0 Å². The number of pyridine rings is 1. The van der Waals surface area contributed by atoms with Crippen LogP contribution in [0, 0.1) is 5.92 Å². The number of para-hydroxylation sites is 1. The lowest BCUT2D eigenvalue weighted by Crippen LogP contribution is -2.59. The van der Waals surface area contributed by atoms with Crippen molar-refractivity contribution in [2.24, 2.45) is 5.92 Å². The molecule has 0 bridgehead atoms. The minimum Gasteiger partial charge on any atom is -0.292 e. The first-order valence-corrected chi connectivity index (χ1v) is 8.82. The van der Waals surface area contributed by atoms with E-state index in [1.807, 2.05) is 45.0 Å². The number of halogens is 3. The highest BCUT2D eigenvalue weighted by atomic mass is 19.4. The highest BCUT2D eigenvalue weighted by molar-refractivity contribution is 5.81. The van der Waals surface area contributed by atoms with E-state index in [0.717, 1.165) is 10.9 Å². The third-order valence-electron chi connectivity index (χ3n) is 4.78. The maximum atomic E-state index is 14.3. The third kappa shape index (κ3) is 4.14. The van der Waals surface area contributed by atoms with Gasteiger partial charge >= 0.3 is 6.18 Å². The topological polar surface area (TPSA) is 16.1 Å². The zero-order chi connectivity index (χ0) is 18.7. The van der Waals surface area contributed by atoms with Crippen molar-refractivity contribution in [2.75, 3.05) is 13.6 Å². The van der Waals surface area contributed by atoms with E-state index in [2.05, 4.69) is 4.98 Å². The van der Waals surface area contributed by atoms with Crippen molar-refractivity contribution in [3.8, 4) is 0 Å². The number of alkyl halides is 3. The monoisotopic (exact) mass is 352 g/mol. The number of likely N-dealkylation sites (N-methyl/N-ethyl adjacent to an activating group) is 1. The first-order valence-electron chi connectivity index (χ1n) is 8.82. The van der Waals surface area contributed by atoms with Gasteiger partial charge in [0.1, 0.15) is 5.54 Å². The summed E-state index contributed by atoms with van der Waals surface area (Å²) in [5.41, 5.74) is -0.429. The molecule has 0 saturated carbocycles. The predicted octanol–water partition coefficient (Wildman–Crippen LogP) is 5.47. The van der Waals surface area contributed by atoms with Crippen molar-refractivity contribution in [3.05, 3.63) is 42.1 Å². The Bertz CT molecular complexity index is 691. The lowest BCUT2D eigenvalue weighted by atomic mass is 9.83. The number of hydrogen-bond acceptors (Lipinski definition) is 2. The molecule has 1 atom stereocenters. The third-order valence-corrected chi connectivity index (χ3v) is 4.78. The largest absolute Gasteiger partial charge is 0.407 e. The van der Waals surface area contributed by atoms with E-state index in [0.29, 0.717) is 18.5 Å². The fourth-order valence-corrected chi connectivity index (χ4v) is 3.63. The second-order valence-electron chi connectivity index (χ2n) is 7.22. The van der Waals surface area contributed by atoms with E-state index in [4.69, 9.17) is 0 Å². The highest BCUT2D eigenvalue weighted by Gasteiger charge is 2.56. The van der Waals surface area contributed by atoms with Crippen LogP contribution in [-0.4, -0.2) is 35.2 Å². The molecule has 1 unspecified atom stereocenters. The SMILES string of the molecule is CCCC(Cc1ccnc2ccccc12)(N(C)CC(C)C)C(F)(F)F. The minimum absolute atomic E-state index is 0.0589. The number of nitrogens with zero attached hydrogens (tertiary/aromatic N) is 2. The van der Waals surface area contributed by atoms with E-state index in [9.17, 15) is 13.2 Å². The van der Waals surface area contributed by atoms with Gasteiger partial charge in [0.05, 0.1) is 5.52 Å². The Morgan fingerprint density at radius 2 is 1.80 bits per heavy atom. The van der Waals surface area contributed by atoms with Crippen molar-refractivity contribution in [2.45, 2.75) is 51.7 Å². The van der Waals surface area contributed by atoms with Crippen molar-refractivity contribution < 1.29 is 13.2 Å². The highest BCUT2D eigenvalue weighted by Crippen LogP contribution is 2.42. The normalized spacial score (nSPS) is 15.1. The average Bonchev–Trinajstić information content (AvgIpc) is 2.52. The first kappa shape index (κ1) is 19.7. The molecule has 2 rings (SSSR count). The molecule has 0 aliphatic rings. The van der Waals surface area contributed by atoms with Crippen LogP contribution in [0.15, 0.2) is 36.5 Å². The smallest absolute Gasteiger partial charge is 0.292 e. The molecule has 0 aliphatic heterocycles. The van der Waals surface area contributed by atoms with Crippen LogP contribution < -0.4 is 0 Å². The Morgan fingerprint density at radius 1 is 1.12 bits per heavy atom. The van der Waals surface area contributed by atoms with Gasteiger partial charge in [-0.1, -0.05) is 45.4 Å². The van der Waals surface area contributed by atoms with Crippen molar-refractivity contribution in [1.82, 2.24) is 9.88 Å². The van der Waals surface area contributed by atoms with E-state index in [-0.39, 0.29) is 18.8 Å². The van der Waals surface area contributed by atoms with Crippen molar-refractivity contribution in [3.63, 3.8) is 0 Å². The second kappa shape index (κ2) is 7.73. The van der Waals surface area contributed by atoms with Gasteiger partial charge in [-0.25, -0.2) is 0 Å². The molecule has 0 spiro atoms. The summed E-state index contributed by atoms with van der Waals surface area (Å²) in [4.78, 5) is 5.79. The predicted molar refractivity (Wildman–Crippen MR) is 96.6 cm³/mol. The molecule has 2 nitrogen and oxygen atoms in total. The van der Waals surface area contributed by atoms with E-state index in [1.165, 1.54) is 4.90 Å². The Hall–Kier alpha value is -1.62. The zero-order valence-corrected chi connectivity index (χ0v) is 15.4. The Balaban J connectivity index is 2.54. The van der Waals surface area contributed by atoms with Crippen LogP contribution in [0.3, 0.4) is 0 Å². The van der Waals surface area contributed by atoms with Crippen LogP contribution in [-0.2, 0) is 6.42 Å². The number of benzene rings is 1. The molecule has 1 aromatic carbocycles. The zero-order valence-electron chi connectivity index (χ0n) is 15.4. The van der Waals surface area contributed by atoms with E-state index < -0.39 is 11.7 Å². The van der Waals surface area contributed by atoms with Crippen LogP contribution in [0.1, 0.15) is 39.2 Å². The van der Waals surface area contributed by atoms with Crippen LogP contribution >= 0.6 is 0 Å². The van der Waals surface area contributed by atoms with Crippen LogP contribution in [0.4, 0.5) is 13.2 Å². The fourth-order valence-electron chi connectivity index (χ4n) is 3.63. The molecular weight excluding hydrogens is 325 g/mol. The van der Waals surface area contributed by atoms with Gasteiger partial charge in [-0.15, -0.1) is 0 Å². The fraction of sp³-hybridized carbons (Fsp3) is 0.550. The quantitative estimate of drug-likeness (QED) is 0.657. The van der Waals surface area contributed by atoms with Crippen molar-refractivity contribution >= 4 is 10.9 Å². The Kier molecular flexibility index (Phi) is 6.09. The van der Waals surface area contributed by atoms with Gasteiger partial charge < -0.3 is 0 Å². The molecule has 0 radical (unpaired) electrons. The summed E-state index contributed by atoms with van der Waals surface area (Å²) in [6.07, 6.45) is -2.21. The van der Waals surface area contributed by atoms with Crippen LogP contribution in [0.5, 0.6) is 0 Å². The maximum absolute atomic E-state index is 14.3. The molecule has 5 heteroatoms. The molecule has 0 amide bonds. The number of fused-ring (bicyclic) bond motifs is 1. The summed E-state index contributed by atoms with van der Waals surface area (Å²) < 4.78 is 42.9. The summed E-state index contributed by atoms with van der Waals surface area (Å²) in [5, 5.41) is 0.799. The van der Waals surface area contributed by atoms with Gasteiger partial charge in [0.2, 0.25) is 0 Å². The Morgan fingerprint density at radius 3 is 2.40 bits per heavy atom. The van der Waals surface area contributed by atoms with Crippen LogP contribution in [0.25, 0.3) is 10.9 Å². The van der Waals surface area contributed by atoms with Gasteiger partial charge in [-0.05, 0) is 37.1 Å². The first-order chi connectivity index (χ1) is 11.7. The summed E-state index contributed by atoms with van der Waals surface area (Å²) in [6.45, 7) is 6.12. The molecule has 1 aromatic heterocycles. The maximum Gasteiger partial charge on any atom is 0.407 e. The van der Waals surface area contributed by atoms with Crippen LogP contribution in [0.2, 0.25) is 0 Å². The molecule has 1 heterocycles. The van der Waals surface area contributed by atoms with Gasteiger partial charge in [0.25, 0.3) is 0 Å². The number of hydrogen-bond donors (Lipinski definition) is 0. The molecular formula is C20H27F3N2. The minimum atomic E-state index is -4.31. The molecule has 0 N–H and O–H groups in total. The van der Waals surface area contributed by atoms with Gasteiger partial charge in [-0.3, -0.25) is 9.88 Å². The Labute approximate surface area is 148 Å². The summed E-state index contributed by atoms with van der Waals surface area (Å²) in [6, 6.07) is 9.12. The molecule has 138 valence electrons. The van der Waals surface area contributed by atoms with Gasteiger partial charge in [-0.2, -0.15) is 13.2 Å². The standard InChI is InChI=1S/C20H27F3N2/c1-5-11-19(20(21,22)23,25(4)14-15(2)3)13-16-10-12-24-18-9-7-6-8-17(16)18/h6-10,12,15H,5,11,13-14H2,1-4H3. The summed E-state index contributed by atoms with van der Waals surface area (Å²) in [5.74, 6) is 0.165. The number of aromatic nitrogens is 1. The molecule has 2 aromatic rings.